The van der Waals surface area contributed by atoms with Crippen LogP contribution in [0.25, 0.3) is 0 Å². The molecule has 0 aliphatic rings. The first-order valence-corrected chi connectivity index (χ1v) is 7.75. The third kappa shape index (κ3) is 5.68. The van der Waals surface area contributed by atoms with Crippen molar-refractivity contribution < 1.29 is 18.7 Å². The Morgan fingerprint density at radius 1 is 1.58 bits per heavy atom. The first-order chi connectivity index (χ1) is 8.90. The van der Waals surface area contributed by atoms with Gasteiger partial charge >= 0.3 is 6.09 Å². The van der Waals surface area contributed by atoms with Crippen LogP contribution in [0.1, 0.15) is 4.88 Å². The van der Waals surface area contributed by atoms with Crippen LogP contribution < -0.4 is 0 Å². The number of rotatable bonds is 7. The molecule has 0 radical (unpaired) electrons. The third-order valence-electron chi connectivity index (χ3n) is 2.71. The molecule has 2 atom stereocenters. The molecule has 0 saturated heterocycles. The maximum absolute atomic E-state index is 11.1. The van der Waals surface area contributed by atoms with Gasteiger partial charge in [-0.15, -0.1) is 11.3 Å². The number of carbonyl (C=O) groups is 1. The summed E-state index contributed by atoms with van der Waals surface area (Å²) in [7, 11) is 3.16. The highest BCUT2D eigenvalue weighted by atomic mass is 32.2. The van der Waals surface area contributed by atoms with Gasteiger partial charge in [0.25, 0.3) is 0 Å². The summed E-state index contributed by atoms with van der Waals surface area (Å²) in [5.41, 5.74) is 0. The summed E-state index contributed by atoms with van der Waals surface area (Å²) >= 11 is -0.601. The van der Waals surface area contributed by atoms with Gasteiger partial charge in [-0.05, 0) is 29.6 Å². The summed E-state index contributed by atoms with van der Waals surface area (Å²) in [6, 6.07) is 3.58. The summed E-state index contributed by atoms with van der Waals surface area (Å²) < 4.78 is 21.3. The summed E-state index contributed by atoms with van der Waals surface area (Å²) in [5.74, 6) is -0.103. The van der Waals surface area contributed by atoms with Crippen LogP contribution in [0.15, 0.2) is 17.5 Å². The minimum absolute atomic E-state index is 0.103. The van der Waals surface area contributed by atoms with Gasteiger partial charge in [-0.3, -0.25) is 9.11 Å². The SMILES string of the molecule is CN(C[C@@H](Cc1cccs1)N(C)C(=O)O)CS(=O)[O-]. The van der Waals surface area contributed by atoms with E-state index in [1.165, 1.54) is 11.9 Å². The van der Waals surface area contributed by atoms with Crippen LogP contribution >= 0.6 is 11.3 Å². The summed E-state index contributed by atoms with van der Waals surface area (Å²) in [4.78, 5) is 15.0. The zero-order chi connectivity index (χ0) is 14.4. The molecular formula is C11H17N2O4S2-. The molecule has 0 spiro atoms. The molecule has 6 nitrogen and oxygen atoms in total. The molecule has 0 aliphatic heterocycles. The van der Waals surface area contributed by atoms with Crippen molar-refractivity contribution in [3.8, 4) is 0 Å². The summed E-state index contributed by atoms with van der Waals surface area (Å²) in [6.45, 7) is 0.370. The van der Waals surface area contributed by atoms with Crippen molar-refractivity contribution in [2.45, 2.75) is 12.5 Å². The molecule has 1 heterocycles. The topological polar surface area (TPSA) is 83.9 Å². The number of hydrogen-bond donors (Lipinski definition) is 1. The van der Waals surface area contributed by atoms with Gasteiger partial charge < -0.3 is 14.6 Å². The number of thiophene rings is 1. The normalized spacial score (nSPS) is 14.3. The van der Waals surface area contributed by atoms with Crippen molar-refractivity contribution in [2.24, 2.45) is 0 Å². The monoisotopic (exact) mass is 305 g/mol. The highest BCUT2D eigenvalue weighted by Crippen LogP contribution is 2.14. The van der Waals surface area contributed by atoms with Crippen molar-refractivity contribution in [1.82, 2.24) is 9.80 Å². The van der Waals surface area contributed by atoms with Gasteiger partial charge in [0.15, 0.2) is 0 Å². The van der Waals surface area contributed by atoms with Crippen molar-refractivity contribution in [2.75, 3.05) is 26.5 Å². The Kier molecular flexibility index (Phi) is 6.43. The smallest absolute Gasteiger partial charge is 0.407 e. The highest BCUT2D eigenvalue weighted by molar-refractivity contribution is 7.79. The molecule has 0 saturated carbocycles. The molecule has 0 bridgehead atoms. The lowest BCUT2D eigenvalue weighted by atomic mass is 10.1. The van der Waals surface area contributed by atoms with E-state index in [0.717, 1.165) is 4.88 Å². The van der Waals surface area contributed by atoms with E-state index < -0.39 is 17.2 Å². The van der Waals surface area contributed by atoms with Gasteiger partial charge in [0.05, 0.1) is 11.9 Å². The zero-order valence-electron chi connectivity index (χ0n) is 10.8. The molecule has 0 aromatic carbocycles. The molecule has 1 aromatic rings. The molecular weight excluding hydrogens is 288 g/mol. The number of hydrogen-bond acceptors (Lipinski definition) is 5. The largest absolute Gasteiger partial charge is 0.771 e. The second-order valence-electron chi connectivity index (χ2n) is 4.30. The van der Waals surface area contributed by atoms with Gasteiger partial charge in [0.1, 0.15) is 0 Å². The fourth-order valence-electron chi connectivity index (χ4n) is 1.73. The fourth-order valence-corrected chi connectivity index (χ4v) is 2.98. The van der Waals surface area contributed by atoms with Crippen LogP contribution in [0.4, 0.5) is 4.79 Å². The Morgan fingerprint density at radius 3 is 2.74 bits per heavy atom. The van der Waals surface area contributed by atoms with Crippen LogP contribution in [-0.4, -0.2) is 62.3 Å². The second-order valence-corrected chi connectivity index (χ2v) is 6.20. The highest BCUT2D eigenvalue weighted by Gasteiger charge is 2.21. The van der Waals surface area contributed by atoms with Gasteiger partial charge in [-0.25, -0.2) is 4.79 Å². The molecule has 1 N–H and O–H groups in total. The van der Waals surface area contributed by atoms with E-state index in [4.69, 9.17) is 5.11 Å². The first-order valence-electron chi connectivity index (χ1n) is 5.62. The Labute approximate surface area is 118 Å². The van der Waals surface area contributed by atoms with E-state index >= 15 is 0 Å². The van der Waals surface area contributed by atoms with Gasteiger partial charge in [-0.2, -0.15) is 0 Å². The van der Waals surface area contributed by atoms with Crippen molar-refractivity contribution in [3.05, 3.63) is 22.4 Å². The van der Waals surface area contributed by atoms with Crippen LogP contribution in [0.5, 0.6) is 0 Å². The van der Waals surface area contributed by atoms with Crippen LogP contribution in [0.2, 0.25) is 0 Å². The molecule has 0 aliphatic carbocycles. The molecule has 1 unspecified atom stereocenters. The van der Waals surface area contributed by atoms with Crippen molar-refractivity contribution >= 4 is 28.5 Å². The lowest BCUT2D eigenvalue weighted by molar-refractivity contribution is 0.128. The number of likely N-dealkylation sites (N-methyl/N-ethyl adjacent to an activating group) is 2. The summed E-state index contributed by atoms with van der Waals surface area (Å²) in [5, 5.41) is 11.0. The van der Waals surface area contributed by atoms with E-state index in [1.807, 2.05) is 17.5 Å². The van der Waals surface area contributed by atoms with Crippen molar-refractivity contribution in [3.63, 3.8) is 0 Å². The van der Waals surface area contributed by atoms with E-state index in [1.54, 1.807) is 23.3 Å². The Morgan fingerprint density at radius 2 is 2.26 bits per heavy atom. The Bertz CT molecular complexity index is 424. The summed E-state index contributed by atoms with van der Waals surface area (Å²) in [6.07, 6.45) is -0.436. The second kappa shape index (κ2) is 7.59. The van der Waals surface area contributed by atoms with Gasteiger partial charge in [0.2, 0.25) is 0 Å². The number of nitrogens with zero attached hydrogens (tertiary/aromatic N) is 2. The molecule has 1 rings (SSSR count). The van der Waals surface area contributed by atoms with Crippen LogP contribution in [-0.2, 0) is 17.5 Å². The predicted octanol–water partition coefficient (Wildman–Crippen LogP) is 1.04. The average molecular weight is 305 g/mol. The third-order valence-corrected chi connectivity index (χ3v) is 4.26. The minimum Gasteiger partial charge on any atom is -0.771 e. The van der Waals surface area contributed by atoms with Gasteiger partial charge in [0, 0.05) is 24.9 Å². The van der Waals surface area contributed by atoms with E-state index in [9.17, 15) is 13.6 Å². The number of carboxylic acid groups (broad SMARTS) is 1. The Hall–Kier alpha value is -0.960. The molecule has 19 heavy (non-hydrogen) atoms. The predicted molar refractivity (Wildman–Crippen MR) is 74.0 cm³/mol. The fraction of sp³-hybridized carbons (Fsp3) is 0.545. The van der Waals surface area contributed by atoms with Gasteiger partial charge in [-0.1, -0.05) is 6.07 Å². The minimum atomic E-state index is -2.16. The average Bonchev–Trinajstić information content (AvgIpc) is 2.78. The lowest BCUT2D eigenvalue weighted by Crippen LogP contribution is -2.45. The van der Waals surface area contributed by atoms with E-state index in [-0.39, 0.29) is 11.9 Å². The quantitative estimate of drug-likeness (QED) is 0.761. The lowest BCUT2D eigenvalue weighted by Gasteiger charge is -2.30. The molecule has 1 aromatic heterocycles. The molecule has 0 fully saturated rings. The number of amides is 1. The maximum atomic E-state index is 11.1. The molecule has 1 amide bonds. The van der Waals surface area contributed by atoms with Crippen LogP contribution in [0, 0.1) is 0 Å². The van der Waals surface area contributed by atoms with E-state index in [2.05, 4.69) is 0 Å². The maximum Gasteiger partial charge on any atom is 0.407 e. The van der Waals surface area contributed by atoms with Crippen molar-refractivity contribution in [1.29, 1.82) is 0 Å². The molecule has 108 valence electrons. The molecule has 8 heteroatoms. The van der Waals surface area contributed by atoms with Crippen LogP contribution in [0.3, 0.4) is 0 Å². The van der Waals surface area contributed by atoms with E-state index in [0.29, 0.717) is 13.0 Å². The first kappa shape index (κ1) is 16.1. The Balaban J connectivity index is 2.69. The standard InChI is InChI=1S/C11H18N2O4S2/c1-12(8-19(16)17)7-9(13(2)11(14)15)6-10-4-3-5-18-10/h3-5,9H,6-8H2,1-2H3,(H,14,15)(H,16,17)/p-1/t9-/m1/s1. The zero-order valence-corrected chi connectivity index (χ0v) is 12.4.